The number of piperidine rings is 1. The first kappa shape index (κ1) is 27.5. The quantitative estimate of drug-likeness (QED) is 0.301. The number of benzene rings is 2. The number of anilines is 3. The molecule has 202 valence electrons. The van der Waals surface area contributed by atoms with Gasteiger partial charge in [-0.25, -0.2) is 8.42 Å². The van der Waals surface area contributed by atoms with Crippen LogP contribution in [0.4, 0.5) is 30.2 Å². The average Bonchev–Trinajstić information content (AvgIpc) is 2.82. The summed E-state index contributed by atoms with van der Waals surface area (Å²) in [5, 5.41) is 18.4. The first-order valence-corrected chi connectivity index (χ1v) is 14.3. The van der Waals surface area contributed by atoms with Crippen LogP contribution in [0.25, 0.3) is 0 Å². The summed E-state index contributed by atoms with van der Waals surface area (Å²) in [6, 6.07) is 9.31. The van der Waals surface area contributed by atoms with Gasteiger partial charge in [0.2, 0.25) is 16.3 Å². The Bertz CT molecular complexity index is 1280. The summed E-state index contributed by atoms with van der Waals surface area (Å²) >= 11 is 6.92. The van der Waals surface area contributed by atoms with Crippen LogP contribution in [0, 0.1) is 5.92 Å². The molecule has 4 N–H and O–H groups in total. The third kappa shape index (κ3) is 5.83. The van der Waals surface area contributed by atoms with Crippen LogP contribution in [0.1, 0.15) is 43.2 Å². The molecule has 2 fully saturated rings. The maximum atomic E-state index is 11.8. The molecule has 37 heavy (non-hydrogen) atoms. The second-order valence-corrected chi connectivity index (χ2v) is 12.0. The Hall–Kier alpha value is -2.50. The Labute approximate surface area is 218 Å². The van der Waals surface area contributed by atoms with Gasteiger partial charge >= 0.3 is 6.18 Å². The van der Waals surface area contributed by atoms with E-state index in [9.17, 15) is 26.7 Å². The Kier molecular flexibility index (Phi) is 7.69. The molecule has 0 radical (unpaired) electrons. The van der Waals surface area contributed by atoms with Crippen LogP contribution in [0.2, 0.25) is 5.02 Å². The summed E-state index contributed by atoms with van der Waals surface area (Å²) in [6.45, 7) is 1.00. The van der Waals surface area contributed by atoms with Crippen molar-refractivity contribution in [3.63, 3.8) is 0 Å². The predicted molar refractivity (Wildman–Crippen MR) is 137 cm³/mol. The average molecular weight is 560 g/mol. The molecule has 5 rings (SSSR count). The van der Waals surface area contributed by atoms with Crippen molar-refractivity contribution < 1.29 is 31.5 Å². The van der Waals surface area contributed by atoms with Gasteiger partial charge in [-0.3, -0.25) is 9.52 Å². The van der Waals surface area contributed by atoms with Gasteiger partial charge in [0.1, 0.15) is 11.4 Å². The fraction of sp³-hybridized carbons (Fsp3) is 0.480. The van der Waals surface area contributed by atoms with Gasteiger partial charge in [-0.2, -0.15) is 13.2 Å². The van der Waals surface area contributed by atoms with Gasteiger partial charge in [-0.15, -0.1) is 0 Å². The first-order valence-electron chi connectivity index (χ1n) is 12.0. The van der Waals surface area contributed by atoms with Crippen molar-refractivity contribution in [3.05, 3.63) is 46.5 Å². The second kappa shape index (κ2) is 10.3. The minimum Gasteiger partial charge on any atom is -0.506 e. The van der Waals surface area contributed by atoms with Gasteiger partial charge in [0, 0.05) is 11.5 Å². The Balaban J connectivity index is 0.000000480. The number of carbonyl (C=O) groups excluding carboxylic acids is 1. The van der Waals surface area contributed by atoms with Crippen molar-refractivity contribution in [3.8, 4) is 5.75 Å². The molecule has 1 aliphatic heterocycles. The van der Waals surface area contributed by atoms with Crippen LogP contribution >= 0.6 is 11.6 Å². The van der Waals surface area contributed by atoms with E-state index in [0.717, 1.165) is 37.6 Å². The lowest BCUT2D eigenvalue weighted by molar-refractivity contribution is -0.156. The van der Waals surface area contributed by atoms with E-state index in [-0.39, 0.29) is 11.2 Å². The molecule has 0 unspecified atom stereocenters. The fourth-order valence-corrected chi connectivity index (χ4v) is 7.05. The molecule has 3 atom stereocenters. The molecule has 2 aromatic carbocycles. The number of hydrogen-bond acceptors (Lipinski definition) is 6. The van der Waals surface area contributed by atoms with Gasteiger partial charge in [0.05, 0.1) is 22.7 Å². The maximum Gasteiger partial charge on any atom is 0.446 e. The van der Waals surface area contributed by atoms with Gasteiger partial charge in [0.15, 0.2) is 0 Å². The van der Waals surface area contributed by atoms with Crippen LogP contribution in [0.15, 0.2) is 30.3 Å². The van der Waals surface area contributed by atoms with Crippen molar-refractivity contribution >= 4 is 45.0 Å². The van der Waals surface area contributed by atoms with Gasteiger partial charge in [-0.05, 0) is 67.5 Å². The summed E-state index contributed by atoms with van der Waals surface area (Å²) in [5.74, 6) is 0.699. The van der Waals surface area contributed by atoms with E-state index in [1.165, 1.54) is 24.8 Å². The van der Waals surface area contributed by atoms with E-state index in [0.29, 0.717) is 34.0 Å². The van der Waals surface area contributed by atoms with Gasteiger partial charge in [0.25, 0.3) is 0 Å². The molecular formula is C25H29ClF3N3O4S. The lowest BCUT2D eigenvalue weighted by Crippen LogP contribution is -2.59. The summed E-state index contributed by atoms with van der Waals surface area (Å²) in [5.41, 5.74) is 3.77. The lowest BCUT2D eigenvalue weighted by Gasteiger charge is -2.56. The summed E-state index contributed by atoms with van der Waals surface area (Å²) in [6.07, 6.45) is 2.18. The van der Waals surface area contributed by atoms with Crippen LogP contribution in [-0.2, 0) is 26.7 Å². The SMILES string of the molecule is CS(=O)(=O)Nc1ccccc1Nc1c(O)cc2c(c1Cl)C[C@@H]1NCC[C@]23CCCC[C@H]13.O=CC(F)(F)F. The normalized spacial score (nSPS) is 24.6. The number of para-hydroxylation sites is 2. The number of phenolic OH excluding ortho intramolecular Hbond substituents is 1. The summed E-state index contributed by atoms with van der Waals surface area (Å²) in [4.78, 5) is 8.70. The van der Waals surface area contributed by atoms with Crippen molar-refractivity contribution in [1.82, 2.24) is 5.32 Å². The zero-order valence-electron chi connectivity index (χ0n) is 20.2. The molecule has 1 heterocycles. The maximum absolute atomic E-state index is 11.8. The molecule has 1 saturated carbocycles. The van der Waals surface area contributed by atoms with E-state index >= 15 is 0 Å². The van der Waals surface area contributed by atoms with Crippen LogP contribution < -0.4 is 15.4 Å². The number of rotatable bonds is 4. The number of hydrogen-bond donors (Lipinski definition) is 4. The Morgan fingerprint density at radius 3 is 2.51 bits per heavy atom. The highest BCUT2D eigenvalue weighted by atomic mass is 35.5. The monoisotopic (exact) mass is 559 g/mol. The number of aromatic hydroxyl groups is 1. The number of phenols is 1. The molecule has 3 aliphatic rings. The molecule has 12 heteroatoms. The van der Waals surface area contributed by atoms with Crippen molar-refractivity contribution in [1.29, 1.82) is 0 Å². The molecule has 2 bridgehead atoms. The zero-order chi connectivity index (χ0) is 27.0. The minimum atomic E-state index is -4.64. The first-order chi connectivity index (χ1) is 17.3. The molecule has 1 saturated heterocycles. The number of sulfonamides is 1. The third-order valence-electron chi connectivity index (χ3n) is 7.48. The number of carbonyl (C=O) groups is 1. The van der Waals surface area contributed by atoms with Crippen LogP contribution in [-0.4, -0.2) is 44.8 Å². The third-order valence-corrected chi connectivity index (χ3v) is 8.49. The molecule has 0 spiro atoms. The van der Waals surface area contributed by atoms with E-state index in [2.05, 4.69) is 15.4 Å². The van der Waals surface area contributed by atoms with Crippen molar-refractivity contribution in [2.45, 2.75) is 56.2 Å². The highest BCUT2D eigenvalue weighted by Gasteiger charge is 2.52. The molecule has 7 nitrogen and oxygen atoms in total. The molecular weight excluding hydrogens is 531 g/mol. The molecule has 0 aromatic heterocycles. The highest BCUT2D eigenvalue weighted by Crippen LogP contribution is 2.57. The largest absolute Gasteiger partial charge is 0.506 e. The fourth-order valence-electron chi connectivity index (χ4n) is 6.15. The topological polar surface area (TPSA) is 108 Å². The summed E-state index contributed by atoms with van der Waals surface area (Å²) < 4.78 is 57.3. The van der Waals surface area contributed by atoms with E-state index in [4.69, 9.17) is 16.4 Å². The van der Waals surface area contributed by atoms with Gasteiger partial charge < -0.3 is 15.7 Å². The Morgan fingerprint density at radius 2 is 1.86 bits per heavy atom. The predicted octanol–water partition coefficient (Wildman–Crippen LogP) is 5.25. The van der Waals surface area contributed by atoms with Crippen LogP contribution in [0.5, 0.6) is 5.75 Å². The van der Waals surface area contributed by atoms with Gasteiger partial charge in [-0.1, -0.05) is 36.6 Å². The van der Waals surface area contributed by atoms with E-state index < -0.39 is 22.5 Å². The highest BCUT2D eigenvalue weighted by molar-refractivity contribution is 7.92. The minimum absolute atomic E-state index is 0.0944. The number of nitrogens with one attached hydrogen (secondary N) is 3. The molecule has 2 aliphatic carbocycles. The second-order valence-electron chi connectivity index (χ2n) is 9.84. The lowest BCUT2D eigenvalue weighted by atomic mass is 9.53. The molecule has 2 aromatic rings. The zero-order valence-corrected chi connectivity index (χ0v) is 21.7. The number of aldehydes is 1. The van der Waals surface area contributed by atoms with Crippen LogP contribution in [0.3, 0.4) is 0 Å². The standard InChI is InChI=1S/C23H28ClN3O3S.C2HF3O/c1-31(29,30)27-18-8-3-2-7-17(18)26-22-20(28)13-16-14(21(22)24)12-19-15-6-4-5-9-23(15,16)10-11-25-19;3-2(4,5)1-6/h2-3,7-8,13,15,19,25-28H,4-6,9-12H2,1H3;1H/t15-,19+,23+;/m1./s1. The van der Waals surface area contributed by atoms with E-state index in [1.807, 2.05) is 6.07 Å². The van der Waals surface area contributed by atoms with Crippen molar-refractivity contribution in [2.24, 2.45) is 5.92 Å². The van der Waals surface area contributed by atoms with Crippen molar-refractivity contribution in [2.75, 3.05) is 22.8 Å². The van der Waals surface area contributed by atoms with E-state index in [1.54, 1.807) is 24.3 Å². The smallest absolute Gasteiger partial charge is 0.446 e. The number of fused-ring (bicyclic) bond motifs is 1. The Morgan fingerprint density at radius 1 is 1.19 bits per heavy atom. The molecule has 0 amide bonds. The number of halogens is 4. The number of alkyl halides is 3. The summed E-state index contributed by atoms with van der Waals surface area (Å²) in [7, 11) is -3.44.